The Morgan fingerprint density at radius 3 is 2.28 bits per heavy atom. The van der Waals surface area contributed by atoms with Crippen LogP contribution in [0.3, 0.4) is 0 Å². The normalized spacial score (nSPS) is 9.83. The molecule has 0 spiro atoms. The first-order valence-electron chi connectivity index (χ1n) is 5.65. The van der Waals surface area contributed by atoms with Gasteiger partial charge < -0.3 is 9.47 Å². The number of hydrogen-bond acceptors (Lipinski definition) is 5. The summed E-state index contributed by atoms with van der Waals surface area (Å²) in [4.78, 5) is 22.4. The molecule has 0 radical (unpaired) electrons. The SMILES string of the molecule is CCOC(=O)CSCC(=O)OCc1ccccc1. The molecule has 1 rings (SSSR count). The van der Waals surface area contributed by atoms with Crippen LogP contribution >= 0.6 is 11.8 Å². The summed E-state index contributed by atoms with van der Waals surface area (Å²) in [6.45, 7) is 2.37. The average Bonchev–Trinajstić information content (AvgIpc) is 2.38. The Hall–Kier alpha value is -1.49. The minimum absolute atomic E-state index is 0.158. The van der Waals surface area contributed by atoms with Crippen LogP contribution in [-0.4, -0.2) is 30.1 Å². The Kier molecular flexibility index (Phi) is 6.94. The smallest absolute Gasteiger partial charge is 0.316 e. The third-order valence-corrected chi connectivity index (χ3v) is 2.87. The summed E-state index contributed by atoms with van der Waals surface area (Å²) in [7, 11) is 0. The Bertz CT molecular complexity index is 378. The molecule has 0 fully saturated rings. The molecule has 1 aromatic carbocycles. The Morgan fingerprint density at radius 2 is 1.67 bits per heavy atom. The van der Waals surface area contributed by atoms with Gasteiger partial charge in [-0.15, -0.1) is 11.8 Å². The second-order valence-corrected chi connectivity index (χ2v) is 4.43. The predicted octanol–water partition coefficient (Wildman–Crippen LogP) is 2.03. The van der Waals surface area contributed by atoms with Gasteiger partial charge in [0.25, 0.3) is 0 Å². The first-order chi connectivity index (χ1) is 8.72. The first-order valence-corrected chi connectivity index (χ1v) is 6.80. The summed E-state index contributed by atoms with van der Waals surface area (Å²) < 4.78 is 9.80. The van der Waals surface area contributed by atoms with Crippen LogP contribution in [0.15, 0.2) is 30.3 Å². The van der Waals surface area contributed by atoms with E-state index in [9.17, 15) is 9.59 Å². The summed E-state index contributed by atoms with van der Waals surface area (Å²) in [5.74, 6) is -0.300. The summed E-state index contributed by atoms with van der Waals surface area (Å²) >= 11 is 1.20. The summed E-state index contributed by atoms with van der Waals surface area (Å²) in [6.07, 6.45) is 0. The van der Waals surface area contributed by atoms with Gasteiger partial charge >= 0.3 is 11.9 Å². The van der Waals surface area contributed by atoms with Gasteiger partial charge in [-0.05, 0) is 12.5 Å². The number of esters is 2. The van der Waals surface area contributed by atoms with E-state index in [1.807, 2.05) is 30.3 Å². The first kappa shape index (κ1) is 14.6. The van der Waals surface area contributed by atoms with Crippen molar-refractivity contribution in [1.82, 2.24) is 0 Å². The van der Waals surface area contributed by atoms with E-state index < -0.39 is 0 Å². The Labute approximate surface area is 111 Å². The van der Waals surface area contributed by atoms with Crippen molar-refractivity contribution in [1.29, 1.82) is 0 Å². The van der Waals surface area contributed by atoms with E-state index in [-0.39, 0.29) is 30.1 Å². The summed E-state index contributed by atoms with van der Waals surface area (Å²) in [5, 5.41) is 0. The molecule has 0 bridgehead atoms. The van der Waals surface area contributed by atoms with Crippen molar-refractivity contribution in [2.75, 3.05) is 18.1 Å². The van der Waals surface area contributed by atoms with Crippen LogP contribution in [0.25, 0.3) is 0 Å². The van der Waals surface area contributed by atoms with Gasteiger partial charge in [0.05, 0.1) is 18.1 Å². The topological polar surface area (TPSA) is 52.6 Å². The number of rotatable bonds is 7. The molecule has 4 nitrogen and oxygen atoms in total. The third-order valence-electron chi connectivity index (χ3n) is 1.99. The molecule has 0 aliphatic carbocycles. The van der Waals surface area contributed by atoms with E-state index in [1.54, 1.807) is 6.92 Å². The molecule has 0 saturated heterocycles. The lowest BCUT2D eigenvalue weighted by molar-refractivity contribution is -0.141. The zero-order chi connectivity index (χ0) is 13.2. The number of thioether (sulfide) groups is 1. The molecule has 0 atom stereocenters. The van der Waals surface area contributed by atoms with Gasteiger partial charge in [-0.2, -0.15) is 0 Å². The number of carbonyl (C=O) groups is 2. The maximum atomic E-state index is 11.4. The minimum Gasteiger partial charge on any atom is -0.465 e. The Balaban J connectivity index is 2.13. The highest BCUT2D eigenvalue weighted by Crippen LogP contribution is 2.05. The van der Waals surface area contributed by atoms with Crippen LogP contribution in [0.4, 0.5) is 0 Å². The van der Waals surface area contributed by atoms with Crippen molar-refractivity contribution in [2.45, 2.75) is 13.5 Å². The average molecular weight is 268 g/mol. The van der Waals surface area contributed by atoms with Gasteiger partial charge in [0.1, 0.15) is 6.61 Å². The number of carbonyl (C=O) groups excluding carboxylic acids is 2. The van der Waals surface area contributed by atoms with Crippen molar-refractivity contribution < 1.29 is 19.1 Å². The van der Waals surface area contributed by atoms with Gasteiger partial charge in [-0.25, -0.2) is 0 Å². The van der Waals surface area contributed by atoms with Crippen molar-refractivity contribution in [3.63, 3.8) is 0 Å². The molecule has 0 aliphatic rings. The molecule has 0 aromatic heterocycles. The van der Waals surface area contributed by atoms with Gasteiger partial charge in [-0.3, -0.25) is 9.59 Å². The quantitative estimate of drug-likeness (QED) is 0.708. The molecular weight excluding hydrogens is 252 g/mol. The highest BCUT2D eigenvalue weighted by molar-refractivity contribution is 8.00. The largest absolute Gasteiger partial charge is 0.465 e. The molecule has 98 valence electrons. The van der Waals surface area contributed by atoms with Crippen LogP contribution in [0.2, 0.25) is 0 Å². The minimum atomic E-state index is -0.326. The lowest BCUT2D eigenvalue weighted by Crippen LogP contribution is -2.11. The highest BCUT2D eigenvalue weighted by Gasteiger charge is 2.07. The molecular formula is C13H16O4S. The fraction of sp³-hybridized carbons (Fsp3) is 0.385. The molecule has 0 heterocycles. The van der Waals surface area contributed by atoms with E-state index in [4.69, 9.17) is 9.47 Å². The lowest BCUT2D eigenvalue weighted by atomic mass is 10.2. The second-order valence-electron chi connectivity index (χ2n) is 3.44. The standard InChI is InChI=1S/C13H16O4S/c1-2-16-12(14)9-18-10-13(15)17-8-11-6-4-3-5-7-11/h3-7H,2,8-10H2,1H3. The highest BCUT2D eigenvalue weighted by atomic mass is 32.2. The molecule has 5 heteroatoms. The molecule has 0 amide bonds. The lowest BCUT2D eigenvalue weighted by Gasteiger charge is -2.04. The van der Waals surface area contributed by atoms with E-state index in [0.29, 0.717) is 6.61 Å². The number of hydrogen-bond donors (Lipinski definition) is 0. The molecule has 18 heavy (non-hydrogen) atoms. The van der Waals surface area contributed by atoms with Crippen LogP contribution in [0.1, 0.15) is 12.5 Å². The number of ether oxygens (including phenoxy) is 2. The van der Waals surface area contributed by atoms with Crippen molar-refractivity contribution in [2.24, 2.45) is 0 Å². The van der Waals surface area contributed by atoms with E-state index in [1.165, 1.54) is 11.8 Å². The molecule has 1 aromatic rings. The monoisotopic (exact) mass is 268 g/mol. The van der Waals surface area contributed by atoms with Gasteiger partial charge in [0.2, 0.25) is 0 Å². The van der Waals surface area contributed by atoms with Crippen LogP contribution in [-0.2, 0) is 25.7 Å². The van der Waals surface area contributed by atoms with Crippen LogP contribution in [0.5, 0.6) is 0 Å². The van der Waals surface area contributed by atoms with Crippen molar-refractivity contribution in [3.8, 4) is 0 Å². The van der Waals surface area contributed by atoms with Gasteiger partial charge in [0, 0.05) is 0 Å². The fourth-order valence-electron chi connectivity index (χ4n) is 1.20. The molecule has 0 aliphatic heterocycles. The molecule has 0 saturated carbocycles. The zero-order valence-corrected chi connectivity index (χ0v) is 11.1. The second kappa shape index (κ2) is 8.58. The van der Waals surface area contributed by atoms with Gasteiger partial charge in [0.15, 0.2) is 0 Å². The zero-order valence-electron chi connectivity index (χ0n) is 10.3. The Morgan fingerprint density at radius 1 is 1.06 bits per heavy atom. The fourth-order valence-corrected chi connectivity index (χ4v) is 1.80. The van der Waals surface area contributed by atoms with E-state index in [0.717, 1.165) is 5.56 Å². The predicted molar refractivity (Wildman–Crippen MR) is 70.2 cm³/mol. The van der Waals surface area contributed by atoms with Crippen molar-refractivity contribution in [3.05, 3.63) is 35.9 Å². The van der Waals surface area contributed by atoms with Gasteiger partial charge in [-0.1, -0.05) is 30.3 Å². The molecule has 0 N–H and O–H groups in total. The maximum absolute atomic E-state index is 11.4. The van der Waals surface area contributed by atoms with Crippen molar-refractivity contribution >= 4 is 23.7 Å². The van der Waals surface area contributed by atoms with Crippen LogP contribution in [0, 0.1) is 0 Å². The molecule has 0 unspecified atom stereocenters. The van der Waals surface area contributed by atoms with Crippen LogP contribution < -0.4 is 0 Å². The summed E-state index contributed by atoms with van der Waals surface area (Å²) in [5.41, 5.74) is 0.946. The third kappa shape index (κ3) is 6.30. The summed E-state index contributed by atoms with van der Waals surface area (Å²) in [6, 6.07) is 9.45. The number of benzene rings is 1. The van der Waals surface area contributed by atoms with E-state index in [2.05, 4.69) is 0 Å². The van der Waals surface area contributed by atoms with E-state index >= 15 is 0 Å². The maximum Gasteiger partial charge on any atom is 0.316 e.